The van der Waals surface area contributed by atoms with Gasteiger partial charge in [-0.05, 0) is 55.7 Å². The van der Waals surface area contributed by atoms with Crippen molar-refractivity contribution < 1.29 is 9.90 Å². The van der Waals surface area contributed by atoms with E-state index in [1.165, 1.54) is 11.3 Å². The van der Waals surface area contributed by atoms with Gasteiger partial charge in [0.1, 0.15) is 6.10 Å². The first-order chi connectivity index (χ1) is 12.1. The van der Waals surface area contributed by atoms with Crippen LogP contribution in [-0.4, -0.2) is 60.6 Å². The van der Waals surface area contributed by atoms with Gasteiger partial charge < -0.3 is 15.3 Å². The second kappa shape index (κ2) is 8.58. The van der Waals surface area contributed by atoms with Gasteiger partial charge in [0.25, 0.3) is 0 Å². The summed E-state index contributed by atoms with van der Waals surface area (Å²) in [5, 5.41) is 15.2. The van der Waals surface area contributed by atoms with Gasteiger partial charge in [-0.2, -0.15) is 0 Å². The van der Waals surface area contributed by atoms with Crippen LogP contribution in [0.15, 0.2) is 41.8 Å². The van der Waals surface area contributed by atoms with E-state index in [4.69, 9.17) is 0 Å². The summed E-state index contributed by atoms with van der Waals surface area (Å²) in [6, 6.07) is 11.3. The van der Waals surface area contributed by atoms with Gasteiger partial charge in [0.05, 0.1) is 6.54 Å². The number of anilines is 1. The molecule has 2 N–H and O–H groups in total. The Hall–Kier alpha value is -1.73. The van der Waals surface area contributed by atoms with Crippen LogP contribution in [0.3, 0.4) is 0 Å². The van der Waals surface area contributed by atoms with Crippen LogP contribution in [0.4, 0.5) is 5.69 Å². The van der Waals surface area contributed by atoms with E-state index in [1.807, 2.05) is 41.8 Å². The fourth-order valence-electron chi connectivity index (χ4n) is 3.02. The number of benzene rings is 1. The van der Waals surface area contributed by atoms with E-state index < -0.39 is 6.10 Å². The number of likely N-dealkylation sites (N-methyl/N-ethyl adjacent to an activating group) is 1. The fraction of sp³-hybridized carbons (Fsp3) is 0.421. The third-order valence-electron chi connectivity index (χ3n) is 4.50. The van der Waals surface area contributed by atoms with E-state index in [2.05, 4.69) is 22.2 Å². The molecule has 1 saturated heterocycles. The SMILES string of the molecule is CN1CCCN(CC(=O)Nc2ccc(C(O)c3cccs3)cc2)CC1. The van der Waals surface area contributed by atoms with E-state index in [0.29, 0.717) is 6.54 Å². The molecular weight excluding hydrogens is 334 g/mol. The van der Waals surface area contributed by atoms with Crippen molar-refractivity contribution in [3.63, 3.8) is 0 Å². The molecule has 0 aliphatic carbocycles. The van der Waals surface area contributed by atoms with Crippen LogP contribution in [0.25, 0.3) is 0 Å². The number of aliphatic hydroxyl groups is 1. The average Bonchev–Trinajstić information content (AvgIpc) is 3.06. The van der Waals surface area contributed by atoms with Crippen LogP contribution >= 0.6 is 11.3 Å². The van der Waals surface area contributed by atoms with E-state index >= 15 is 0 Å². The Labute approximate surface area is 152 Å². The largest absolute Gasteiger partial charge is 0.383 e. The van der Waals surface area contributed by atoms with Gasteiger partial charge in [-0.1, -0.05) is 18.2 Å². The van der Waals surface area contributed by atoms with E-state index in [-0.39, 0.29) is 5.91 Å². The molecule has 0 spiro atoms. The molecule has 6 heteroatoms. The van der Waals surface area contributed by atoms with Crippen LogP contribution in [0.2, 0.25) is 0 Å². The highest BCUT2D eigenvalue weighted by Crippen LogP contribution is 2.26. The smallest absolute Gasteiger partial charge is 0.238 e. The zero-order valence-electron chi connectivity index (χ0n) is 14.5. The summed E-state index contributed by atoms with van der Waals surface area (Å²) in [4.78, 5) is 17.7. The minimum absolute atomic E-state index is 0.0103. The number of hydrogen-bond acceptors (Lipinski definition) is 5. The van der Waals surface area contributed by atoms with E-state index in [1.54, 1.807) is 0 Å². The molecule has 1 aliphatic rings. The summed E-state index contributed by atoms with van der Waals surface area (Å²) < 4.78 is 0. The molecular formula is C19H25N3O2S. The first kappa shape index (κ1) is 18.1. The molecule has 1 atom stereocenters. The molecule has 2 aromatic rings. The van der Waals surface area contributed by atoms with Crippen molar-refractivity contribution in [3.8, 4) is 0 Å². The number of nitrogens with one attached hydrogen (secondary N) is 1. The number of nitrogens with zero attached hydrogens (tertiary/aromatic N) is 2. The van der Waals surface area contributed by atoms with E-state index in [0.717, 1.165) is 48.7 Å². The van der Waals surface area contributed by atoms with Crippen LogP contribution in [0.1, 0.15) is 23.0 Å². The minimum atomic E-state index is -0.612. The molecule has 1 unspecified atom stereocenters. The van der Waals surface area contributed by atoms with Crippen molar-refractivity contribution in [1.29, 1.82) is 0 Å². The lowest BCUT2D eigenvalue weighted by Crippen LogP contribution is -2.35. The third kappa shape index (κ3) is 5.12. The maximum absolute atomic E-state index is 12.3. The highest BCUT2D eigenvalue weighted by atomic mass is 32.1. The number of carbonyl (C=O) groups is 1. The quantitative estimate of drug-likeness (QED) is 0.861. The van der Waals surface area contributed by atoms with E-state index in [9.17, 15) is 9.90 Å². The molecule has 2 heterocycles. The summed E-state index contributed by atoms with van der Waals surface area (Å²) in [7, 11) is 2.12. The number of hydrogen-bond donors (Lipinski definition) is 2. The van der Waals surface area contributed by atoms with Gasteiger partial charge >= 0.3 is 0 Å². The number of amides is 1. The number of carbonyl (C=O) groups excluding carboxylic acids is 1. The van der Waals surface area contributed by atoms with Gasteiger partial charge in [0, 0.05) is 23.7 Å². The predicted molar refractivity (Wildman–Crippen MR) is 102 cm³/mol. The maximum atomic E-state index is 12.3. The lowest BCUT2D eigenvalue weighted by molar-refractivity contribution is -0.117. The molecule has 25 heavy (non-hydrogen) atoms. The van der Waals surface area contributed by atoms with Crippen molar-refractivity contribution >= 4 is 22.9 Å². The van der Waals surface area contributed by atoms with Crippen molar-refractivity contribution in [2.45, 2.75) is 12.5 Å². The Morgan fingerprint density at radius 2 is 2.00 bits per heavy atom. The summed E-state index contributed by atoms with van der Waals surface area (Å²) in [6.07, 6.45) is 0.484. The molecule has 3 rings (SSSR count). The van der Waals surface area contributed by atoms with Crippen molar-refractivity contribution in [2.75, 3.05) is 45.1 Å². The molecule has 1 fully saturated rings. The normalized spacial score (nSPS) is 17.8. The van der Waals surface area contributed by atoms with Crippen molar-refractivity contribution in [3.05, 3.63) is 52.2 Å². The Morgan fingerprint density at radius 1 is 1.20 bits per heavy atom. The standard InChI is InChI=1S/C19H25N3O2S/c1-21-9-3-10-22(12-11-21)14-18(23)20-16-7-5-15(6-8-16)19(24)17-4-2-13-25-17/h2,4-8,13,19,24H,3,9-12,14H2,1H3,(H,20,23). The summed E-state index contributed by atoms with van der Waals surface area (Å²) in [5.41, 5.74) is 1.59. The molecule has 0 bridgehead atoms. The molecule has 1 aromatic carbocycles. The fourth-order valence-corrected chi connectivity index (χ4v) is 3.76. The molecule has 5 nitrogen and oxygen atoms in total. The molecule has 0 radical (unpaired) electrons. The second-order valence-electron chi connectivity index (χ2n) is 6.52. The van der Waals surface area contributed by atoms with Crippen molar-refractivity contribution in [2.24, 2.45) is 0 Å². The van der Waals surface area contributed by atoms with Gasteiger partial charge in [0.15, 0.2) is 0 Å². The Balaban J connectivity index is 1.53. The lowest BCUT2D eigenvalue weighted by atomic mass is 10.1. The molecule has 1 aromatic heterocycles. The third-order valence-corrected chi connectivity index (χ3v) is 5.43. The zero-order chi connectivity index (χ0) is 17.6. The minimum Gasteiger partial charge on any atom is -0.383 e. The Kier molecular flexibility index (Phi) is 6.20. The Bertz CT molecular complexity index is 672. The predicted octanol–water partition coefficient (Wildman–Crippen LogP) is 2.41. The number of aliphatic hydroxyl groups excluding tert-OH is 1. The first-order valence-electron chi connectivity index (χ1n) is 8.64. The Morgan fingerprint density at radius 3 is 2.72 bits per heavy atom. The monoisotopic (exact) mass is 359 g/mol. The second-order valence-corrected chi connectivity index (χ2v) is 7.50. The molecule has 0 saturated carbocycles. The topological polar surface area (TPSA) is 55.8 Å². The van der Waals surface area contributed by atoms with Gasteiger partial charge in [0.2, 0.25) is 5.91 Å². The van der Waals surface area contributed by atoms with Gasteiger partial charge in [-0.3, -0.25) is 9.69 Å². The summed E-state index contributed by atoms with van der Waals surface area (Å²) >= 11 is 1.53. The first-order valence-corrected chi connectivity index (χ1v) is 9.52. The van der Waals surface area contributed by atoms with Crippen LogP contribution in [-0.2, 0) is 4.79 Å². The summed E-state index contributed by atoms with van der Waals surface area (Å²) in [6.45, 7) is 4.40. The lowest BCUT2D eigenvalue weighted by Gasteiger charge is -2.19. The number of thiophene rings is 1. The summed E-state index contributed by atoms with van der Waals surface area (Å²) in [5.74, 6) is 0.0103. The van der Waals surface area contributed by atoms with Gasteiger partial charge in [-0.25, -0.2) is 0 Å². The van der Waals surface area contributed by atoms with Crippen LogP contribution in [0.5, 0.6) is 0 Å². The number of rotatable bonds is 5. The van der Waals surface area contributed by atoms with Crippen LogP contribution in [0, 0.1) is 0 Å². The van der Waals surface area contributed by atoms with Crippen molar-refractivity contribution in [1.82, 2.24) is 9.80 Å². The highest BCUT2D eigenvalue weighted by Gasteiger charge is 2.15. The average molecular weight is 359 g/mol. The molecule has 1 aliphatic heterocycles. The molecule has 1 amide bonds. The molecule has 134 valence electrons. The highest BCUT2D eigenvalue weighted by molar-refractivity contribution is 7.10. The maximum Gasteiger partial charge on any atom is 0.238 e. The van der Waals surface area contributed by atoms with Crippen LogP contribution < -0.4 is 5.32 Å². The van der Waals surface area contributed by atoms with Gasteiger partial charge in [-0.15, -0.1) is 11.3 Å². The zero-order valence-corrected chi connectivity index (χ0v) is 15.3.